The van der Waals surface area contributed by atoms with Gasteiger partial charge in [-0.25, -0.2) is 9.37 Å². The van der Waals surface area contributed by atoms with Gasteiger partial charge in [0.05, 0.1) is 57.5 Å². The Morgan fingerprint density at radius 2 is 1.28 bits per heavy atom. The second-order valence-electron chi connectivity index (χ2n) is 7.45. The molecule has 4 rings (SSSR count). The fourth-order valence-electron chi connectivity index (χ4n) is 2.70. The minimum Gasteiger partial charge on any atom is -0.494 e. The molecule has 0 radical (unpaired) electrons. The number of benzene rings is 2. The SMILES string of the molecule is COc1c[nH]c(=O)cc1I.COc1cnc(Oc2c(Cl)cc([N+](=O)[O-])cc2Cl)cc1I.O=[N+]([O-])c1cc(Cl)c(F)c(Cl)c1. The van der Waals surface area contributed by atoms with Gasteiger partial charge in [-0.05, 0) is 45.2 Å². The Bertz CT molecular complexity index is 1670. The molecule has 2 aromatic heterocycles. The molecule has 43 heavy (non-hydrogen) atoms. The largest absolute Gasteiger partial charge is 0.494 e. The van der Waals surface area contributed by atoms with Gasteiger partial charge in [0.15, 0.2) is 17.3 Å². The van der Waals surface area contributed by atoms with Crippen LogP contribution in [0.5, 0.6) is 23.1 Å². The smallest absolute Gasteiger partial charge is 0.272 e. The first kappa shape index (κ1) is 36.5. The van der Waals surface area contributed by atoms with Gasteiger partial charge >= 0.3 is 0 Å². The maximum Gasteiger partial charge on any atom is 0.272 e. The molecule has 0 unspecified atom stereocenters. The average molecular weight is 902 g/mol. The van der Waals surface area contributed by atoms with E-state index >= 15 is 0 Å². The highest BCUT2D eigenvalue weighted by molar-refractivity contribution is 14.1. The number of halogens is 7. The lowest BCUT2D eigenvalue weighted by atomic mass is 10.3. The first-order valence-corrected chi connectivity index (χ1v) is 14.6. The van der Waals surface area contributed by atoms with Gasteiger partial charge in [-0.2, -0.15) is 0 Å². The number of pyridine rings is 2. The van der Waals surface area contributed by atoms with Crippen molar-refractivity contribution in [3.05, 3.63) is 112 Å². The molecule has 0 aliphatic carbocycles. The minimum absolute atomic E-state index is 0.0295. The number of nitro benzene ring substituents is 2. The summed E-state index contributed by atoms with van der Waals surface area (Å²) in [4.78, 5) is 36.8. The van der Waals surface area contributed by atoms with Crippen molar-refractivity contribution in [3.63, 3.8) is 0 Å². The van der Waals surface area contributed by atoms with Crippen LogP contribution < -0.4 is 19.8 Å². The molecule has 1 N–H and O–H groups in total. The van der Waals surface area contributed by atoms with Crippen molar-refractivity contribution in [3.8, 4) is 23.1 Å². The first-order valence-electron chi connectivity index (χ1n) is 10.9. The van der Waals surface area contributed by atoms with E-state index in [9.17, 15) is 29.4 Å². The summed E-state index contributed by atoms with van der Waals surface area (Å²) in [6, 6.07) is 7.26. The minimum atomic E-state index is -0.844. The van der Waals surface area contributed by atoms with E-state index in [4.69, 9.17) is 60.6 Å². The Labute approximate surface area is 288 Å². The normalized spacial score (nSPS) is 9.98. The summed E-state index contributed by atoms with van der Waals surface area (Å²) in [5.74, 6) is 0.809. The predicted octanol–water partition coefficient (Wildman–Crippen LogP) is 8.73. The second-order valence-corrected chi connectivity index (χ2v) is 11.4. The molecule has 0 spiro atoms. The Hall–Kier alpha value is -2.71. The maximum absolute atomic E-state index is 12.7. The van der Waals surface area contributed by atoms with Crippen molar-refractivity contribution >= 4 is 103 Å². The molecule has 0 bridgehead atoms. The molecule has 19 heteroatoms. The topological polar surface area (TPSA) is 160 Å². The highest BCUT2D eigenvalue weighted by Crippen LogP contribution is 2.39. The van der Waals surface area contributed by atoms with Gasteiger partial charge in [0, 0.05) is 42.6 Å². The summed E-state index contributed by atoms with van der Waals surface area (Å²) in [6.45, 7) is 0. The summed E-state index contributed by atoms with van der Waals surface area (Å²) < 4.78 is 29.8. The molecule has 12 nitrogen and oxygen atoms in total. The van der Waals surface area contributed by atoms with Crippen molar-refractivity contribution < 1.29 is 28.4 Å². The van der Waals surface area contributed by atoms with Crippen LogP contribution in [0.4, 0.5) is 15.8 Å². The molecule has 2 aromatic carbocycles. The number of aromatic nitrogens is 2. The summed E-state index contributed by atoms with van der Waals surface area (Å²) in [5.41, 5.74) is -0.647. The van der Waals surface area contributed by atoms with Crippen LogP contribution in [-0.2, 0) is 0 Å². The van der Waals surface area contributed by atoms with Crippen molar-refractivity contribution in [2.24, 2.45) is 0 Å². The third-order valence-corrected chi connectivity index (χ3v) is 7.45. The van der Waals surface area contributed by atoms with Gasteiger partial charge in [0.1, 0.15) is 5.75 Å². The molecule has 228 valence electrons. The van der Waals surface area contributed by atoms with Gasteiger partial charge < -0.3 is 19.2 Å². The number of nitrogens with zero attached hydrogens (tertiary/aromatic N) is 3. The van der Waals surface area contributed by atoms with E-state index in [-0.39, 0.29) is 48.7 Å². The molecular weight excluding hydrogens is 887 g/mol. The zero-order valence-electron chi connectivity index (χ0n) is 21.4. The van der Waals surface area contributed by atoms with Crippen LogP contribution in [0.15, 0.2) is 53.6 Å². The number of H-pyrrole nitrogens is 1. The number of methoxy groups -OCH3 is 2. The monoisotopic (exact) mass is 900 g/mol. The highest BCUT2D eigenvalue weighted by Gasteiger charge is 2.17. The Kier molecular flexibility index (Phi) is 14.4. The number of aromatic amines is 1. The third kappa shape index (κ3) is 10.8. The summed E-state index contributed by atoms with van der Waals surface area (Å²) in [7, 11) is 3.10. The Balaban J connectivity index is 0.000000248. The molecular formula is C24H15Cl4FI2N4O8. The van der Waals surface area contributed by atoms with Crippen LogP contribution in [0.25, 0.3) is 0 Å². The third-order valence-electron chi connectivity index (χ3n) is 4.65. The van der Waals surface area contributed by atoms with E-state index in [0.29, 0.717) is 11.5 Å². The van der Waals surface area contributed by atoms with Gasteiger partial charge in [-0.1, -0.05) is 46.4 Å². The molecule has 0 amide bonds. The highest BCUT2D eigenvalue weighted by atomic mass is 127. The molecule has 4 aromatic rings. The fourth-order valence-corrected chi connectivity index (χ4v) is 5.01. The summed E-state index contributed by atoms with van der Waals surface area (Å²) >= 11 is 26.6. The van der Waals surface area contributed by atoms with Crippen molar-refractivity contribution in [2.45, 2.75) is 0 Å². The molecule has 0 saturated heterocycles. The number of nitro groups is 2. The van der Waals surface area contributed by atoms with E-state index < -0.39 is 15.7 Å². The number of rotatable bonds is 6. The lowest BCUT2D eigenvalue weighted by Gasteiger charge is -2.10. The molecule has 2 heterocycles. The standard InChI is InChI=1S/C12H7Cl2IN2O4.C6H2Cl2FNO2.C6H6INO2/c1-20-10-5-16-11(4-9(10)15)21-12-7(13)2-6(17(18)19)3-8(12)14;7-4-1-3(10(11)12)2-5(8)6(4)9;1-10-5-3-8-6(9)2-4(5)7/h2-5H,1H3;1-2H;2-3H,1H3,(H,8,9). The first-order chi connectivity index (χ1) is 20.2. The summed E-state index contributed by atoms with van der Waals surface area (Å²) in [5, 5.41) is 20.2. The van der Waals surface area contributed by atoms with Crippen LogP contribution in [0.2, 0.25) is 20.1 Å². The number of nitrogens with one attached hydrogen (secondary N) is 1. The number of hydrogen-bond acceptors (Lipinski definition) is 9. The zero-order chi connectivity index (χ0) is 32.4. The van der Waals surface area contributed by atoms with E-state index in [1.807, 2.05) is 22.6 Å². The lowest BCUT2D eigenvalue weighted by molar-refractivity contribution is -0.385. The number of ether oxygens (including phenoxy) is 3. The lowest BCUT2D eigenvalue weighted by Crippen LogP contribution is -2.04. The van der Waals surface area contributed by atoms with Crippen molar-refractivity contribution in [1.82, 2.24) is 9.97 Å². The second kappa shape index (κ2) is 17.0. The van der Waals surface area contributed by atoms with E-state index in [2.05, 4.69) is 32.6 Å². The summed E-state index contributed by atoms with van der Waals surface area (Å²) in [6.07, 6.45) is 3.04. The van der Waals surface area contributed by atoms with E-state index in [1.165, 1.54) is 19.4 Å². The maximum atomic E-state index is 12.7. The number of hydrogen-bond donors (Lipinski definition) is 1. The predicted molar refractivity (Wildman–Crippen MR) is 176 cm³/mol. The fraction of sp³-hybridized carbons (Fsp3) is 0.0833. The molecule has 0 atom stereocenters. The van der Waals surface area contributed by atoms with Crippen LogP contribution in [0.1, 0.15) is 0 Å². The average Bonchev–Trinajstić information content (AvgIpc) is 2.94. The van der Waals surface area contributed by atoms with Crippen LogP contribution in [-0.4, -0.2) is 34.0 Å². The van der Waals surface area contributed by atoms with Gasteiger partial charge in [-0.15, -0.1) is 0 Å². The van der Waals surface area contributed by atoms with Crippen LogP contribution in [0.3, 0.4) is 0 Å². The molecule has 0 aliphatic heterocycles. The van der Waals surface area contributed by atoms with Crippen LogP contribution in [0, 0.1) is 33.2 Å². The van der Waals surface area contributed by atoms with Crippen molar-refractivity contribution in [2.75, 3.05) is 14.2 Å². The Morgan fingerprint density at radius 1 is 0.814 bits per heavy atom. The quantitative estimate of drug-likeness (QED) is 0.0864. The van der Waals surface area contributed by atoms with Gasteiger partial charge in [0.2, 0.25) is 11.4 Å². The van der Waals surface area contributed by atoms with E-state index in [1.54, 1.807) is 19.4 Å². The van der Waals surface area contributed by atoms with Gasteiger partial charge in [0.25, 0.3) is 11.4 Å². The van der Waals surface area contributed by atoms with Gasteiger partial charge in [-0.3, -0.25) is 25.0 Å². The Morgan fingerprint density at radius 3 is 1.70 bits per heavy atom. The van der Waals surface area contributed by atoms with Crippen molar-refractivity contribution in [1.29, 1.82) is 0 Å². The number of non-ortho nitro benzene ring substituents is 2. The molecule has 0 saturated carbocycles. The van der Waals surface area contributed by atoms with Crippen LogP contribution >= 0.6 is 91.6 Å². The van der Waals surface area contributed by atoms with E-state index in [0.717, 1.165) is 31.4 Å². The molecule has 0 fully saturated rings. The molecule has 0 aliphatic rings. The zero-order valence-corrected chi connectivity index (χ0v) is 28.7.